The van der Waals surface area contributed by atoms with Gasteiger partial charge in [0, 0.05) is 10.8 Å². The number of hydrogen-bond donors (Lipinski definition) is 1. The highest BCUT2D eigenvalue weighted by Gasteiger charge is 2.25. The predicted molar refractivity (Wildman–Crippen MR) is 84.2 cm³/mol. The molecule has 6 heteroatoms. The molecule has 0 saturated carbocycles. The van der Waals surface area contributed by atoms with Crippen LogP contribution in [0.3, 0.4) is 0 Å². The van der Waals surface area contributed by atoms with E-state index in [0.717, 1.165) is 10.9 Å². The lowest BCUT2D eigenvalue weighted by Crippen LogP contribution is -2.42. The number of esters is 1. The van der Waals surface area contributed by atoms with E-state index in [1.165, 1.54) is 7.11 Å². The average molecular weight is 324 g/mol. The van der Waals surface area contributed by atoms with Gasteiger partial charge in [0.05, 0.1) is 7.11 Å². The van der Waals surface area contributed by atoms with Crippen molar-refractivity contribution < 1.29 is 18.7 Å². The lowest BCUT2D eigenvalue weighted by atomic mass is 10.1. The van der Waals surface area contributed by atoms with E-state index in [1.807, 2.05) is 19.1 Å². The maximum Gasteiger partial charge on any atom is 0.328 e. The minimum atomic E-state index is -0.806. The monoisotopic (exact) mass is 323 g/mol. The first-order chi connectivity index (χ1) is 10.4. The lowest BCUT2D eigenvalue weighted by Gasteiger charge is -2.16. The zero-order valence-electron chi connectivity index (χ0n) is 12.7. The number of carbonyl (C=O) groups excluding carboxylic acids is 2. The molecule has 0 aliphatic carbocycles. The molecule has 1 unspecified atom stereocenters. The molecule has 0 aliphatic heterocycles. The number of benzene rings is 1. The van der Waals surface area contributed by atoms with Crippen molar-refractivity contribution in [2.75, 3.05) is 7.11 Å². The fourth-order valence-electron chi connectivity index (χ4n) is 2.19. The summed E-state index contributed by atoms with van der Waals surface area (Å²) < 4.78 is 10.2. The van der Waals surface area contributed by atoms with Crippen molar-refractivity contribution in [1.82, 2.24) is 5.32 Å². The molecule has 0 bridgehead atoms. The summed E-state index contributed by atoms with van der Waals surface area (Å²) >= 11 is 5.90. The molecule has 0 spiro atoms. The number of carbonyl (C=O) groups is 2. The largest absolute Gasteiger partial charge is 0.467 e. The van der Waals surface area contributed by atoms with Crippen molar-refractivity contribution >= 4 is 34.4 Å². The molecule has 0 radical (unpaired) electrons. The van der Waals surface area contributed by atoms with E-state index in [1.54, 1.807) is 19.1 Å². The van der Waals surface area contributed by atoms with Crippen LogP contribution in [-0.4, -0.2) is 30.4 Å². The van der Waals surface area contributed by atoms with Crippen LogP contribution >= 0.6 is 11.6 Å². The van der Waals surface area contributed by atoms with Gasteiger partial charge in [-0.1, -0.05) is 11.6 Å². The van der Waals surface area contributed by atoms with Crippen LogP contribution in [0.15, 0.2) is 28.7 Å². The first kappa shape index (κ1) is 16.4. The molecule has 2 rings (SSSR count). The van der Waals surface area contributed by atoms with Crippen molar-refractivity contribution in [3.63, 3.8) is 0 Å². The summed E-state index contributed by atoms with van der Waals surface area (Å²) in [5.74, 6) is -0.855. The molecule has 1 aromatic carbocycles. The van der Waals surface area contributed by atoms with Gasteiger partial charge in [0.2, 0.25) is 0 Å². The van der Waals surface area contributed by atoms with Crippen LogP contribution in [0.1, 0.15) is 29.5 Å². The van der Waals surface area contributed by atoms with Crippen molar-refractivity contribution in [2.24, 2.45) is 0 Å². The number of methoxy groups -OCH3 is 1. The minimum Gasteiger partial charge on any atom is -0.467 e. The predicted octanol–water partition coefficient (Wildman–Crippen LogP) is 3.03. The number of fused-ring (bicyclic) bond motifs is 1. The Bertz CT molecular complexity index is 693. The second-order valence-electron chi connectivity index (χ2n) is 5.22. The van der Waals surface area contributed by atoms with Gasteiger partial charge in [-0.3, -0.25) is 4.79 Å². The lowest BCUT2D eigenvalue weighted by molar-refractivity contribution is -0.143. The molecule has 2 atom stereocenters. The van der Waals surface area contributed by atoms with Gasteiger partial charge in [-0.25, -0.2) is 4.79 Å². The number of halogens is 1. The molecule has 1 heterocycles. The third-order valence-electron chi connectivity index (χ3n) is 3.25. The summed E-state index contributed by atoms with van der Waals surface area (Å²) in [5, 5.41) is 3.16. The molecule has 0 saturated heterocycles. The smallest absolute Gasteiger partial charge is 0.328 e. The van der Waals surface area contributed by atoms with Crippen LogP contribution in [-0.2, 0) is 9.53 Å². The van der Waals surface area contributed by atoms with Crippen LogP contribution in [0.25, 0.3) is 11.0 Å². The van der Waals surface area contributed by atoms with Crippen molar-refractivity contribution in [3.05, 3.63) is 35.6 Å². The molecule has 1 N–H and O–H groups in total. The average Bonchev–Trinajstić information content (AvgIpc) is 2.88. The molecule has 1 amide bonds. The van der Waals surface area contributed by atoms with Crippen LogP contribution < -0.4 is 5.32 Å². The standard InChI is InChI=1S/C16H18ClNO4/c1-9-4-5-13-11(6-9)8-14(22-13)15(19)18-12(7-10(2)17)16(20)21-3/h4-6,8,10,12H,7H2,1-3H3,(H,18,19)/t10-,12?/m1/s1. The number of amides is 1. The molecular formula is C16H18ClNO4. The highest BCUT2D eigenvalue weighted by molar-refractivity contribution is 6.20. The van der Waals surface area contributed by atoms with Crippen LogP contribution in [0.5, 0.6) is 0 Å². The van der Waals surface area contributed by atoms with Gasteiger partial charge in [0.1, 0.15) is 11.6 Å². The highest BCUT2D eigenvalue weighted by Crippen LogP contribution is 2.21. The van der Waals surface area contributed by atoms with Gasteiger partial charge in [-0.2, -0.15) is 0 Å². The van der Waals surface area contributed by atoms with Gasteiger partial charge >= 0.3 is 5.97 Å². The first-order valence-corrected chi connectivity index (χ1v) is 7.37. The third-order valence-corrected chi connectivity index (χ3v) is 3.43. The molecule has 2 aromatic rings. The fraction of sp³-hybridized carbons (Fsp3) is 0.375. The Morgan fingerprint density at radius 2 is 2.09 bits per heavy atom. The Balaban J connectivity index is 2.19. The van der Waals surface area contributed by atoms with Gasteiger partial charge in [-0.05, 0) is 38.5 Å². The van der Waals surface area contributed by atoms with Crippen molar-refractivity contribution in [1.29, 1.82) is 0 Å². The number of furan rings is 1. The topological polar surface area (TPSA) is 68.5 Å². The van der Waals surface area contributed by atoms with E-state index in [4.69, 9.17) is 16.0 Å². The number of alkyl halides is 1. The molecule has 118 valence electrons. The molecule has 5 nitrogen and oxygen atoms in total. The Morgan fingerprint density at radius 1 is 1.36 bits per heavy atom. The van der Waals surface area contributed by atoms with E-state index < -0.39 is 17.9 Å². The van der Waals surface area contributed by atoms with E-state index >= 15 is 0 Å². The first-order valence-electron chi connectivity index (χ1n) is 6.93. The Kier molecular flexibility index (Phi) is 5.08. The van der Waals surface area contributed by atoms with Gasteiger partial charge < -0.3 is 14.5 Å². The Labute approximate surface area is 133 Å². The van der Waals surface area contributed by atoms with Crippen LogP contribution in [0, 0.1) is 6.92 Å². The molecule has 0 fully saturated rings. The van der Waals surface area contributed by atoms with Crippen molar-refractivity contribution in [2.45, 2.75) is 31.7 Å². The summed E-state index contributed by atoms with van der Waals surface area (Å²) in [6.07, 6.45) is 0.277. The summed E-state index contributed by atoms with van der Waals surface area (Å²) in [4.78, 5) is 24.0. The number of ether oxygens (including phenoxy) is 1. The van der Waals surface area contributed by atoms with Gasteiger partial charge in [0.15, 0.2) is 5.76 Å². The maximum atomic E-state index is 12.3. The summed E-state index contributed by atoms with van der Waals surface area (Å²) in [7, 11) is 1.27. The number of hydrogen-bond acceptors (Lipinski definition) is 4. The SMILES string of the molecule is COC(=O)C(C[C@@H](C)Cl)NC(=O)c1cc2cc(C)ccc2o1. The summed E-state index contributed by atoms with van der Waals surface area (Å²) in [6.45, 7) is 3.70. The van der Waals surface area contributed by atoms with Crippen LogP contribution in [0.2, 0.25) is 0 Å². The Hall–Kier alpha value is -2.01. The third kappa shape index (κ3) is 3.80. The number of rotatable bonds is 5. The van der Waals surface area contributed by atoms with E-state index in [-0.39, 0.29) is 17.6 Å². The second-order valence-corrected chi connectivity index (χ2v) is 5.96. The quantitative estimate of drug-likeness (QED) is 0.678. The summed E-state index contributed by atoms with van der Waals surface area (Å²) in [5.41, 5.74) is 1.69. The van der Waals surface area contributed by atoms with Crippen LogP contribution in [0.4, 0.5) is 0 Å². The second kappa shape index (κ2) is 6.83. The number of aryl methyl sites for hydroxylation is 1. The normalized spacial score (nSPS) is 13.6. The molecule has 1 aromatic heterocycles. The van der Waals surface area contributed by atoms with E-state index in [2.05, 4.69) is 10.1 Å². The van der Waals surface area contributed by atoms with E-state index in [0.29, 0.717) is 5.58 Å². The molecule has 22 heavy (non-hydrogen) atoms. The fourth-order valence-corrected chi connectivity index (χ4v) is 2.36. The van der Waals surface area contributed by atoms with Crippen molar-refractivity contribution in [3.8, 4) is 0 Å². The molecule has 0 aliphatic rings. The summed E-state index contributed by atoms with van der Waals surface area (Å²) in [6, 6.07) is 6.48. The molecular weight excluding hydrogens is 306 g/mol. The zero-order chi connectivity index (χ0) is 16.3. The van der Waals surface area contributed by atoms with E-state index in [9.17, 15) is 9.59 Å². The highest BCUT2D eigenvalue weighted by atomic mass is 35.5. The minimum absolute atomic E-state index is 0.150. The zero-order valence-corrected chi connectivity index (χ0v) is 13.4. The number of nitrogens with one attached hydrogen (secondary N) is 1. The van der Waals surface area contributed by atoms with Gasteiger partial charge in [0.25, 0.3) is 5.91 Å². The van der Waals surface area contributed by atoms with Gasteiger partial charge in [-0.15, -0.1) is 11.6 Å². The Morgan fingerprint density at radius 3 is 2.73 bits per heavy atom. The maximum absolute atomic E-state index is 12.3.